The number of sulfonamides is 1. The average Bonchev–Trinajstić information content (AvgIpc) is 2.83. The highest BCUT2D eigenvalue weighted by Crippen LogP contribution is 2.23. The summed E-state index contributed by atoms with van der Waals surface area (Å²) in [5, 5.41) is 3.81. The minimum Gasteiger partial charge on any atom is -0.496 e. The molecule has 1 heterocycles. The van der Waals surface area contributed by atoms with Gasteiger partial charge in [-0.05, 0) is 37.6 Å². The molecule has 2 rings (SSSR count). The van der Waals surface area contributed by atoms with Gasteiger partial charge in [-0.15, -0.1) is 0 Å². The van der Waals surface area contributed by atoms with Gasteiger partial charge < -0.3 is 9.26 Å². The van der Waals surface area contributed by atoms with Crippen molar-refractivity contribution in [2.24, 2.45) is 0 Å². The SMILES string of the molecule is COc1ccc(S(=O)(=O)N(C)Cc2cc(C)on2)cc1C. The van der Waals surface area contributed by atoms with Gasteiger partial charge in [0.05, 0.1) is 24.2 Å². The summed E-state index contributed by atoms with van der Waals surface area (Å²) in [4.78, 5) is 0.225. The Labute approximate surface area is 124 Å². The van der Waals surface area contributed by atoms with E-state index >= 15 is 0 Å². The zero-order chi connectivity index (χ0) is 15.6. The summed E-state index contributed by atoms with van der Waals surface area (Å²) in [7, 11) is -0.515. The highest BCUT2D eigenvalue weighted by Gasteiger charge is 2.22. The van der Waals surface area contributed by atoms with E-state index in [2.05, 4.69) is 5.16 Å². The van der Waals surface area contributed by atoms with E-state index in [1.807, 2.05) is 0 Å². The lowest BCUT2D eigenvalue weighted by molar-refractivity contribution is 0.378. The molecule has 0 N–H and O–H groups in total. The van der Waals surface area contributed by atoms with Crippen LogP contribution in [0.4, 0.5) is 0 Å². The molecule has 0 amide bonds. The quantitative estimate of drug-likeness (QED) is 0.846. The predicted molar refractivity (Wildman–Crippen MR) is 77.6 cm³/mol. The Morgan fingerprint density at radius 1 is 1.29 bits per heavy atom. The molecule has 0 saturated heterocycles. The van der Waals surface area contributed by atoms with Gasteiger partial charge in [-0.1, -0.05) is 5.16 Å². The first-order chi connectivity index (χ1) is 9.84. The van der Waals surface area contributed by atoms with E-state index in [0.717, 1.165) is 5.56 Å². The highest BCUT2D eigenvalue weighted by molar-refractivity contribution is 7.89. The van der Waals surface area contributed by atoms with Crippen LogP contribution in [0.15, 0.2) is 33.7 Å². The number of hydrogen-bond donors (Lipinski definition) is 0. The van der Waals surface area contributed by atoms with Crippen molar-refractivity contribution < 1.29 is 17.7 Å². The summed E-state index contributed by atoms with van der Waals surface area (Å²) in [5.41, 5.74) is 1.34. The van der Waals surface area contributed by atoms with Crippen molar-refractivity contribution in [1.29, 1.82) is 0 Å². The minimum absolute atomic E-state index is 0.157. The molecule has 0 fully saturated rings. The minimum atomic E-state index is -3.58. The third-order valence-electron chi connectivity index (χ3n) is 3.14. The summed E-state index contributed by atoms with van der Waals surface area (Å²) in [6, 6.07) is 6.49. The van der Waals surface area contributed by atoms with Crippen LogP contribution in [0.3, 0.4) is 0 Å². The predicted octanol–water partition coefficient (Wildman–Crippen LogP) is 2.12. The maximum Gasteiger partial charge on any atom is 0.243 e. The lowest BCUT2D eigenvalue weighted by Crippen LogP contribution is -2.26. The Balaban J connectivity index is 2.26. The van der Waals surface area contributed by atoms with Gasteiger partial charge in [0, 0.05) is 13.1 Å². The first kappa shape index (κ1) is 15.5. The van der Waals surface area contributed by atoms with Crippen molar-refractivity contribution in [2.45, 2.75) is 25.3 Å². The molecule has 6 nitrogen and oxygen atoms in total. The average molecular weight is 310 g/mol. The Bertz CT molecular complexity index is 737. The second-order valence-electron chi connectivity index (χ2n) is 4.82. The Morgan fingerprint density at radius 2 is 2.00 bits per heavy atom. The van der Waals surface area contributed by atoms with E-state index < -0.39 is 10.0 Å². The van der Waals surface area contributed by atoms with Gasteiger partial charge in [-0.25, -0.2) is 8.42 Å². The molecule has 0 unspecified atom stereocenters. The summed E-state index contributed by atoms with van der Waals surface area (Å²) in [6.45, 7) is 3.72. The maximum absolute atomic E-state index is 12.5. The molecule has 7 heteroatoms. The van der Waals surface area contributed by atoms with Crippen LogP contribution < -0.4 is 4.74 Å². The van der Waals surface area contributed by atoms with Crippen LogP contribution in [0, 0.1) is 13.8 Å². The van der Waals surface area contributed by atoms with Crippen molar-refractivity contribution in [1.82, 2.24) is 9.46 Å². The molecule has 21 heavy (non-hydrogen) atoms. The van der Waals surface area contributed by atoms with E-state index in [1.165, 1.54) is 17.4 Å². The fourth-order valence-electron chi connectivity index (χ4n) is 2.00. The number of ether oxygens (including phenoxy) is 1. The van der Waals surface area contributed by atoms with Crippen LogP contribution in [-0.2, 0) is 16.6 Å². The lowest BCUT2D eigenvalue weighted by atomic mass is 10.2. The Morgan fingerprint density at radius 3 is 2.52 bits per heavy atom. The maximum atomic E-state index is 12.5. The molecule has 0 spiro atoms. The Hall–Kier alpha value is -1.86. The lowest BCUT2D eigenvalue weighted by Gasteiger charge is -2.16. The highest BCUT2D eigenvalue weighted by atomic mass is 32.2. The van der Waals surface area contributed by atoms with Gasteiger partial charge in [0.15, 0.2) is 0 Å². The van der Waals surface area contributed by atoms with Crippen LogP contribution in [0.5, 0.6) is 5.75 Å². The first-order valence-electron chi connectivity index (χ1n) is 6.38. The number of aryl methyl sites for hydroxylation is 2. The smallest absolute Gasteiger partial charge is 0.243 e. The largest absolute Gasteiger partial charge is 0.496 e. The molecule has 2 aromatic rings. The van der Waals surface area contributed by atoms with Crippen molar-refractivity contribution in [3.05, 3.63) is 41.3 Å². The topological polar surface area (TPSA) is 72.6 Å². The van der Waals surface area contributed by atoms with Crippen LogP contribution in [0.25, 0.3) is 0 Å². The molecule has 0 aliphatic rings. The normalized spacial score (nSPS) is 11.9. The summed E-state index contributed by atoms with van der Waals surface area (Å²) in [5.74, 6) is 1.31. The molecular weight excluding hydrogens is 292 g/mol. The summed E-state index contributed by atoms with van der Waals surface area (Å²) in [6.07, 6.45) is 0. The van der Waals surface area contributed by atoms with Gasteiger partial charge in [0.25, 0.3) is 0 Å². The van der Waals surface area contributed by atoms with Gasteiger partial charge >= 0.3 is 0 Å². The van der Waals surface area contributed by atoms with Crippen molar-refractivity contribution in [2.75, 3.05) is 14.2 Å². The molecule has 1 aromatic heterocycles. The van der Waals surface area contributed by atoms with Crippen molar-refractivity contribution in [3.8, 4) is 5.75 Å². The molecule has 0 saturated carbocycles. The molecule has 0 radical (unpaired) electrons. The molecule has 1 aromatic carbocycles. The molecule has 0 aliphatic heterocycles. The second kappa shape index (κ2) is 5.87. The van der Waals surface area contributed by atoms with Crippen molar-refractivity contribution in [3.63, 3.8) is 0 Å². The number of hydrogen-bond acceptors (Lipinski definition) is 5. The number of rotatable bonds is 5. The van der Waals surface area contributed by atoms with Gasteiger partial charge in [-0.2, -0.15) is 4.31 Å². The molecule has 0 aliphatic carbocycles. The van der Waals surface area contributed by atoms with E-state index in [0.29, 0.717) is 17.2 Å². The zero-order valence-electron chi connectivity index (χ0n) is 12.5. The zero-order valence-corrected chi connectivity index (χ0v) is 13.3. The van der Waals surface area contributed by atoms with E-state index in [-0.39, 0.29) is 11.4 Å². The van der Waals surface area contributed by atoms with Crippen LogP contribution in [-0.4, -0.2) is 32.0 Å². The first-order valence-corrected chi connectivity index (χ1v) is 7.82. The van der Waals surface area contributed by atoms with Crippen LogP contribution >= 0.6 is 0 Å². The third kappa shape index (κ3) is 3.25. The molecule has 114 valence electrons. The number of aromatic nitrogens is 1. The molecule has 0 atom stereocenters. The standard InChI is InChI=1S/C14H18N2O4S/c1-10-7-13(5-6-14(10)19-4)21(17,18)16(3)9-12-8-11(2)20-15-12/h5-8H,9H2,1-4H3. The number of methoxy groups -OCH3 is 1. The van der Waals surface area contributed by atoms with Crippen molar-refractivity contribution >= 4 is 10.0 Å². The van der Waals surface area contributed by atoms with E-state index in [9.17, 15) is 8.42 Å². The third-order valence-corrected chi connectivity index (χ3v) is 4.94. The Kier molecular flexibility index (Phi) is 4.34. The van der Waals surface area contributed by atoms with Gasteiger partial charge in [0.2, 0.25) is 10.0 Å². The van der Waals surface area contributed by atoms with E-state index in [1.54, 1.807) is 39.2 Å². The molecular formula is C14H18N2O4S. The van der Waals surface area contributed by atoms with Crippen LogP contribution in [0.1, 0.15) is 17.0 Å². The van der Waals surface area contributed by atoms with Gasteiger partial charge in [-0.3, -0.25) is 0 Å². The second-order valence-corrected chi connectivity index (χ2v) is 6.87. The number of nitrogens with zero attached hydrogens (tertiary/aromatic N) is 2. The molecule has 0 bridgehead atoms. The number of benzene rings is 1. The summed E-state index contributed by atoms with van der Waals surface area (Å²) < 4.78 is 36.4. The van der Waals surface area contributed by atoms with Gasteiger partial charge in [0.1, 0.15) is 11.5 Å². The summed E-state index contributed by atoms with van der Waals surface area (Å²) >= 11 is 0. The van der Waals surface area contributed by atoms with Crippen LogP contribution in [0.2, 0.25) is 0 Å². The fourth-order valence-corrected chi connectivity index (χ4v) is 3.22. The monoisotopic (exact) mass is 310 g/mol. The van der Waals surface area contributed by atoms with E-state index in [4.69, 9.17) is 9.26 Å². The fraction of sp³-hybridized carbons (Fsp3) is 0.357.